The van der Waals surface area contributed by atoms with Crippen LogP contribution in [0.1, 0.15) is 38.8 Å². The highest BCUT2D eigenvalue weighted by Crippen LogP contribution is 2.20. The van der Waals surface area contributed by atoms with Gasteiger partial charge in [-0.3, -0.25) is 0 Å². The van der Waals surface area contributed by atoms with E-state index in [-0.39, 0.29) is 30.7 Å². The summed E-state index contributed by atoms with van der Waals surface area (Å²) in [6, 6.07) is 5.41. The van der Waals surface area contributed by atoms with Crippen LogP contribution in [0.4, 0.5) is 10.5 Å². The van der Waals surface area contributed by atoms with Crippen molar-refractivity contribution in [2.45, 2.75) is 53.4 Å². The van der Waals surface area contributed by atoms with Gasteiger partial charge in [-0.2, -0.15) is 0 Å². The monoisotopic (exact) mass is 308 g/mol. The number of rotatable bonds is 7. The molecule has 0 bridgehead atoms. The molecule has 0 saturated heterocycles. The molecule has 0 radical (unpaired) electrons. The van der Waals surface area contributed by atoms with E-state index in [0.29, 0.717) is 6.61 Å². The summed E-state index contributed by atoms with van der Waals surface area (Å²) >= 11 is 0. The molecule has 0 fully saturated rings. The second kappa shape index (κ2) is 8.76. The second-order valence-corrected chi connectivity index (χ2v) is 6.00. The van der Waals surface area contributed by atoms with E-state index in [1.165, 1.54) is 0 Å². The van der Waals surface area contributed by atoms with Crippen LogP contribution in [0, 0.1) is 12.8 Å². The Hall–Kier alpha value is -1.59. The van der Waals surface area contributed by atoms with Crippen molar-refractivity contribution in [1.29, 1.82) is 0 Å². The van der Waals surface area contributed by atoms with Gasteiger partial charge in [0, 0.05) is 18.3 Å². The molecule has 0 spiro atoms. The number of amides is 2. The fourth-order valence-corrected chi connectivity index (χ4v) is 1.90. The Morgan fingerprint density at radius 3 is 2.55 bits per heavy atom. The van der Waals surface area contributed by atoms with Crippen molar-refractivity contribution in [2.75, 3.05) is 11.9 Å². The Balaban J connectivity index is 2.69. The quantitative estimate of drug-likeness (QED) is 0.725. The van der Waals surface area contributed by atoms with Crippen molar-refractivity contribution in [1.82, 2.24) is 5.32 Å². The SMILES string of the molecule is Cc1c(COC(C)C)cccc1NC(=O)N[C@H](C)[C@@H](C)CO. The predicted molar refractivity (Wildman–Crippen MR) is 89.0 cm³/mol. The number of urea groups is 1. The lowest BCUT2D eigenvalue weighted by molar-refractivity contribution is 0.0654. The minimum absolute atomic E-state index is 0.0117. The van der Waals surface area contributed by atoms with Gasteiger partial charge < -0.3 is 20.5 Å². The van der Waals surface area contributed by atoms with Crippen LogP contribution in [0.2, 0.25) is 0 Å². The second-order valence-electron chi connectivity index (χ2n) is 6.00. The van der Waals surface area contributed by atoms with Crippen molar-refractivity contribution >= 4 is 11.7 Å². The highest BCUT2D eigenvalue weighted by atomic mass is 16.5. The molecule has 5 nitrogen and oxygen atoms in total. The van der Waals surface area contributed by atoms with Crippen LogP contribution < -0.4 is 10.6 Å². The van der Waals surface area contributed by atoms with Crippen molar-refractivity contribution in [3.8, 4) is 0 Å². The maximum absolute atomic E-state index is 12.0. The van der Waals surface area contributed by atoms with Crippen LogP contribution in [0.5, 0.6) is 0 Å². The first kappa shape index (κ1) is 18.5. The Bertz CT molecular complexity index is 489. The number of hydrogen-bond acceptors (Lipinski definition) is 3. The summed E-state index contributed by atoms with van der Waals surface area (Å²) in [6.45, 7) is 10.3. The fraction of sp³-hybridized carbons (Fsp3) is 0.588. The van der Waals surface area contributed by atoms with Gasteiger partial charge in [0.05, 0.1) is 12.7 Å². The van der Waals surface area contributed by atoms with Gasteiger partial charge in [-0.05, 0) is 50.8 Å². The summed E-state index contributed by atoms with van der Waals surface area (Å²) in [5.74, 6) is 0.0117. The number of benzene rings is 1. The van der Waals surface area contributed by atoms with Crippen LogP contribution in [-0.4, -0.2) is 29.9 Å². The maximum atomic E-state index is 12.0. The molecule has 2 atom stereocenters. The van der Waals surface area contributed by atoms with Crippen LogP contribution in [-0.2, 0) is 11.3 Å². The lowest BCUT2D eigenvalue weighted by Gasteiger charge is -2.20. The van der Waals surface area contributed by atoms with E-state index in [4.69, 9.17) is 9.84 Å². The van der Waals surface area contributed by atoms with Gasteiger partial charge in [0.2, 0.25) is 0 Å². The molecule has 0 unspecified atom stereocenters. The molecule has 0 saturated carbocycles. The molecule has 124 valence electrons. The molecule has 1 rings (SSSR count). The average molecular weight is 308 g/mol. The summed E-state index contributed by atoms with van der Waals surface area (Å²) < 4.78 is 5.62. The molecule has 1 aromatic carbocycles. The molecular weight excluding hydrogens is 280 g/mol. The largest absolute Gasteiger partial charge is 0.396 e. The molecule has 5 heteroatoms. The number of ether oxygens (including phenoxy) is 1. The number of carbonyl (C=O) groups excluding carboxylic acids is 1. The van der Waals surface area contributed by atoms with Gasteiger partial charge in [-0.25, -0.2) is 4.79 Å². The van der Waals surface area contributed by atoms with Crippen molar-refractivity contribution < 1.29 is 14.6 Å². The third-order valence-corrected chi connectivity index (χ3v) is 3.77. The Morgan fingerprint density at radius 2 is 1.95 bits per heavy atom. The Morgan fingerprint density at radius 1 is 1.27 bits per heavy atom. The van der Waals surface area contributed by atoms with Crippen molar-refractivity contribution in [3.63, 3.8) is 0 Å². The zero-order valence-corrected chi connectivity index (χ0v) is 14.1. The average Bonchev–Trinajstić information content (AvgIpc) is 2.46. The van der Waals surface area contributed by atoms with Gasteiger partial charge in [-0.15, -0.1) is 0 Å². The van der Waals surface area contributed by atoms with Gasteiger partial charge in [0.1, 0.15) is 0 Å². The van der Waals surface area contributed by atoms with Crippen molar-refractivity contribution in [3.05, 3.63) is 29.3 Å². The fourth-order valence-electron chi connectivity index (χ4n) is 1.90. The summed E-state index contributed by atoms with van der Waals surface area (Å²) in [4.78, 5) is 12.0. The van der Waals surface area contributed by atoms with Gasteiger partial charge in [0.25, 0.3) is 0 Å². The number of aliphatic hydroxyl groups is 1. The maximum Gasteiger partial charge on any atom is 0.319 e. The summed E-state index contributed by atoms with van der Waals surface area (Å²) in [5, 5.41) is 14.8. The molecular formula is C17H28N2O3. The Kier molecular flexibility index (Phi) is 7.35. The number of anilines is 1. The van der Waals surface area contributed by atoms with E-state index in [2.05, 4.69) is 10.6 Å². The molecule has 0 aromatic heterocycles. The molecule has 0 heterocycles. The number of carbonyl (C=O) groups is 1. The minimum atomic E-state index is -0.266. The highest BCUT2D eigenvalue weighted by Gasteiger charge is 2.14. The molecule has 0 aliphatic carbocycles. The zero-order valence-electron chi connectivity index (χ0n) is 14.1. The summed E-state index contributed by atoms with van der Waals surface area (Å²) in [6.07, 6.45) is 0.167. The molecule has 1 aromatic rings. The van der Waals surface area contributed by atoms with Gasteiger partial charge in [-0.1, -0.05) is 19.1 Å². The molecule has 0 aliphatic heterocycles. The van der Waals surface area contributed by atoms with E-state index < -0.39 is 0 Å². The predicted octanol–water partition coefficient (Wildman–Crippen LogP) is 3.06. The van der Waals surface area contributed by atoms with Crippen LogP contribution in [0.15, 0.2) is 18.2 Å². The molecule has 2 amide bonds. The lowest BCUT2D eigenvalue weighted by atomic mass is 10.1. The first-order valence-corrected chi connectivity index (χ1v) is 7.73. The highest BCUT2D eigenvalue weighted by molar-refractivity contribution is 5.90. The van der Waals surface area contributed by atoms with Crippen molar-refractivity contribution in [2.24, 2.45) is 5.92 Å². The van der Waals surface area contributed by atoms with Gasteiger partial charge in [0.15, 0.2) is 0 Å². The zero-order chi connectivity index (χ0) is 16.7. The van der Waals surface area contributed by atoms with Crippen LogP contribution >= 0.6 is 0 Å². The normalized spacial score (nSPS) is 13.8. The number of aliphatic hydroxyl groups excluding tert-OH is 1. The summed E-state index contributed by atoms with van der Waals surface area (Å²) in [5.41, 5.74) is 2.83. The van der Waals surface area contributed by atoms with Crippen LogP contribution in [0.3, 0.4) is 0 Å². The number of nitrogens with one attached hydrogen (secondary N) is 2. The first-order valence-electron chi connectivity index (χ1n) is 7.73. The third-order valence-electron chi connectivity index (χ3n) is 3.77. The molecule has 22 heavy (non-hydrogen) atoms. The smallest absolute Gasteiger partial charge is 0.319 e. The standard InChI is InChI=1S/C17H28N2O3/c1-11(2)22-10-15-7-6-8-16(13(15)4)19-17(21)18-14(5)12(3)9-20/h6-8,11-12,14,20H,9-10H2,1-5H3,(H2,18,19,21)/t12-,14+/m0/s1. The molecule has 0 aliphatic rings. The Labute approximate surface area is 133 Å². The molecule has 3 N–H and O–H groups in total. The first-order chi connectivity index (χ1) is 10.3. The van der Waals surface area contributed by atoms with Gasteiger partial charge >= 0.3 is 6.03 Å². The van der Waals surface area contributed by atoms with E-state index >= 15 is 0 Å². The van der Waals surface area contributed by atoms with E-state index in [1.54, 1.807) is 0 Å². The minimum Gasteiger partial charge on any atom is -0.396 e. The lowest BCUT2D eigenvalue weighted by Crippen LogP contribution is -2.40. The topological polar surface area (TPSA) is 70.6 Å². The van der Waals surface area contributed by atoms with Crippen LogP contribution in [0.25, 0.3) is 0 Å². The van der Waals surface area contributed by atoms with E-state index in [0.717, 1.165) is 16.8 Å². The summed E-state index contributed by atoms with van der Waals surface area (Å²) in [7, 11) is 0. The van der Waals surface area contributed by atoms with E-state index in [1.807, 2.05) is 52.8 Å². The van der Waals surface area contributed by atoms with E-state index in [9.17, 15) is 4.79 Å². The number of hydrogen-bond donors (Lipinski definition) is 3. The third kappa shape index (κ3) is 5.66.